The number of halogens is 8. The minimum Gasteiger partial charge on any atom is -1.00 e. The molecular weight excluding hydrogens is 865 g/mol. The summed E-state index contributed by atoms with van der Waals surface area (Å²) < 4.78 is 89.8. The van der Waals surface area contributed by atoms with Crippen LogP contribution in [0.5, 0.6) is 0 Å². The van der Waals surface area contributed by atoms with Gasteiger partial charge in [-0.3, -0.25) is 0 Å². The van der Waals surface area contributed by atoms with Crippen LogP contribution < -0.4 is 28.1 Å². The third-order valence-electron chi connectivity index (χ3n) is 11.1. The van der Waals surface area contributed by atoms with Crippen LogP contribution in [0.1, 0.15) is 145 Å². The predicted molar refractivity (Wildman–Crippen MR) is 217 cm³/mol. The normalized spacial score (nSPS) is 14.2. The van der Waals surface area contributed by atoms with E-state index in [0.29, 0.717) is 27.2 Å². The Morgan fingerprint density at radius 2 is 1.02 bits per heavy atom. The summed E-state index contributed by atoms with van der Waals surface area (Å²) in [6.07, 6.45) is -1.86. The third-order valence-corrected chi connectivity index (χ3v) is 18.8. The van der Waals surface area contributed by atoms with Crippen molar-refractivity contribution in [1.29, 1.82) is 0 Å². The Kier molecular flexibility index (Phi) is 13.5. The molecule has 0 N–H and O–H groups in total. The van der Waals surface area contributed by atoms with E-state index < -0.39 is 50.2 Å². The van der Waals surface area contributed by atoms with E-state index in [-0.39, 0.29) is 41.1 Å². The van der Waals surface area contributed by atoms with Crippen LogP contribution in [0.25, 0.3) is 11.1 Å². The summed E-state index contributed by atoms with van der Waals surface area (Å²) in [7, 11) is 0. The molecule has 0 aromatic heterocycles. The maximum atomic E-state index is 14.5. The Labute approximate surface area is 361 Å². The van der Waals surface area contributed by atoms with Crippen LogP contribution in [0.3, 0.4) is 0 Å². The average Bonchev–Trinajstić information content (AvgIpc) is 3.72. The largest absolute Gasteiger partial charge is 1.00 e. The third kappa shape index (κ3) is 9.43. The van der Waals surface area contributed by atoms with E-state index in [4.69, 9.17) is 0 Å². The Morgan fingerprint density at radius 3 is 1.43 bits per heavy atom. The monoisotopic (exact) mass is 916 g/mol. The van der Waals surface area contributed by atoms with Gasteiger partial charge in [0, 0.05) is 0 Å². The Hall–Kier alpha value is -2.73. The Balaban J connectivity index is 0.00000372. The SMILES string of the molecule is CC(C)(C)c1cc2c(cc1C(C)(C)C)-c1cc(C(C)(C)C)c(C(C)(C)C)[c]([Zr+2]([C]3=CC=CC3)=[C](c3cccc(C(F)(F)F)c3)c3cccc(C(F)(F)F)c3)c1C2.[Cl-].[Cl-]. The summed E-state index contributed by atoms with van der Waals surface area (Å²) in [4.78, 5) is 0. The molecule has 0 heterocycles. The van der Waals surface area contributed by atoms with Gasteiger partial charge in [0.05, 0.1) is 0 Å². The molecule has 0 unspecified atom stereocenters. The molecule has 0 saturated heterocycles. The molecule has 0 nitrogen and oxygen atoms in total. The summed E-state index contributed by atoms with van der Waals surface area (Å²) in [5.74, 6) is 0. The molecule has 9 heteroatoms. The first-order chi connectivity index (χ1) is 25.6. The second kappa shape index (κ2) is 16.3. The van der Waals surface area contributed by atoms with Gasteiger partial charge in [-0.15, -0.1) is 0 Å². The molecule has 6 rings (SSSR count). The van der Waals surface area contributed by atoms with Crippen LogP contribution in [0.4, 0.5) is 26.3 Å². The second-order valence-electron chi connectivity index (χ2n) is 19.7. The molecule has 2 aliphatic carbocycles. The fourth-order valence-corrected chi connectivity index (χ4v) is 17.5. The van der Waals surface area contributed by atoms with Crippen molar-refractivity contribution < 1.29 is 72.4 Å². The van der Waals surface area contributed by atoms with E-state index in [1.165, 1.54) is 54.3 Å². The van der Waals surface area contributed by atoms with Crippen molar-refractivity contribution in [3.63, 3.8) is 0 Å². The van der Waals surface area contributed by atoms with Gasteiger partial charge in [-0.25, -0.2) is 0 Å². The zero-order chi connectivity index (χ0) is 41.6. The molecule has 0 bridgehead atoms. The van der Waals surface area contributed by atoms with Crippen LogP contribution >= 0.6 is 0 Å². The standard InChI is InChI=1S/C29H41.C15H8F6.C5H5.2ClH.Zr/c1-26(2,3)22-14-18-13-19-15-23(27(4,5)6)25(29(10,11)12)17-21(19)20(18)16-24(22)28(7,8)9;16-14(17,18)12-5-1-3-10(8-12)7-11-4-2-6-13(9-11)15(19,20)21;1-2-4-5-3-1;;;/h14,16-17H,13H2,1-12H3;1-6,8-9H;1-3H,4H2;2*1H;/q;;;;;+2/p-2. The first-order valence-electron chi connectivity index (χ1n) is 19.4. The smallest absolute Gasteiger partial charge is 1.00 e. The van der Waals surface area contributed by atoms with Crippen LogP contribution in [-0.4, -0.2) is 3.21 Å². The van der Waals surface area contributed by atoms with Crippen LogP contribution in [0.15, 0.2) is 88.2 Å². The number of fused-ring (bicyclic) bond motifs is 3. The van der Waals surface area contributed by atoms with Crippen LogP contribution in [0, 0.1) is 0 Å². The van der Waals surface area contributed by atoms with E-state index in [9.17, 15) is 26.3 Å². The fourth-order valence-electron chi connectivity index (χ4n) is 8.50. The fraction of sp³-hybridized carbons (Fsp3) is 0.408. The van der Waals surface area contributed by atoms with Crippen molar-refractivity contribution in [3.05, 3.63) is 144 Å². The molecule has 0 radical (unpaired) electrons. The molecule has 58 heavy (non-hydrogen) atoms. The topological polar surface area (TPSA) is 0 Å². The van der Waals surface area contributed by atoms with E-state index in [0.717, 1.165) is 33.1 Å². The number of alkyl halides is 6. The predicted octanol–water partition coefficient (Wildman–Crippen LogP) is 7.85. The molecule has 0 amide bonds. The molecule has 4 aromatic rings. The average molecular weight is 919 g/mol. The van der Waals surface area contributed by atoms with Gasteiger partial charge in [0.2, 0.25) is 0 Å². The molecule has 0 spiro atoms. The van der Waals surface area contributed by atoms with Gasteiger partial charge in [-0.1, -0.05) is 0 Å². The van der Waals surface area contributed by atoms with E-state index >= 15 is 0 Å². The van der Waals surface area contributed by atoms with Crippen molar-refractivity contribution in [1.82, 2.24) is 0 Å². The number of benzene rings is 4. The second-order valence-corrected chi connectivity index (χ2v) is 25.5. The quantitative estimate of drug-likeness (QED) is 0.161. The van der Waals surface area contributed by atoms with Gasteiger partial charge in [0.15, 0.2) is 0 Å². The van der Waals surface area contributed by atoms with Gasteiger partial charge < -0.3 is 24.8 Å². The number of hydrogen-bond donors (Lipinski definition) is 0. The van der Waals surface area contributed by atoms with Crippen LogP contribution in [0.2, 0.25) is 0 Å². The van der Waals surface area contributed by atoms with Crippen molar-refractivity contribution >= 4 is 6.48 Å². The van der Waals surface area contributed by atoms with Crippen molar-refractivity contribution in [2.75, 3.05) is 0 Å². The molecule has 0 fully saturated rings. The molecule has 0 aliphatic heterocycles. The van der Waals surface area contributed by atoms with Crippen molar-refractivity contribution in [2.45, 2.75) is 130 Å². The van der Waals surface area contributed by atoms with Crippen LogP contribution in [-0.2, 0) is 61.7 Å². The molecule has 0 saturated carbocycles. The van der Waals surface area contributed by atoms with Gasteiger partial charge in [-0.2, -0.15) is 0 Å². The van der Waals surface area contributed by atoms with E-state index in [1.807, 2.05) is 6.08 Å². The summed E-state index contributed by atoms with van der Waals surface area (Å²) in [6.45, 7) is 26.6. The molecule has 0 atom stereocenters. The van der Waals surface area contributed by atoms with Gasteiger partial charge in [-0.05, 0) is 0 Å². The van der Waals surface area contributed by atoms with Crippen molar-refractivity contribution in [3.8, 4) is 11.1 Å². The molecule has 310 valence electrons. The van der Waals surface area contributed by atoms with Gasteiger partial charge in [0.1, 0.15) is 0 Å². The number of hydrogen-bond acceptors (Lipinski definition) is 0. The number of rotatable bonds is 4. The summed E-state index contributed by atoms with van der Waals surface area (Å²) >= 11 is -3.81. The zero-order valence-corrected chi connectivity index (χ0v) is 39.5. The first kappa shape index (κ1) is 47.9. The molecule has 4 aromatic carbocycles. The van der Waals surface area contributed by atoms with Crippen molar-refractivity contribution in [2.24, 2.45) is 0 Å². The molecular formula is C49H54Cl2F6Zr. The first-order valence-corrected chi connectivity index (χ1v) is 23.1. The minimum atomic E-state index is -4.63. The van der Waals surface area contributed by atoms with Gasteiger partial charge >= 0.3 is 339 Å². The Morgan fingerprint density at radius 1 is 0.552 bits per heavy atom. The number of allylic oxidation sites excluding steroid dienone is 4. The summed E-state index contributed by atoms with van der Waals surface area (Å²) in [6, 6.07) is 17.6. The summed E-state index contributed by atoms with van der Waals surface area (Å²) in [5, 5.41) is 0. The van der Waals surface area contributed by atoms with Gasteiger partial charge in [0.25, 0.3) is 0 Å². The summed E-state index contributed by atoms with van der Waals surface area (Å²) in [5.41, 5.74) is 7.62. The molecule has 2 aliphatic rings. The van der Waals surface area contributed by atoms with E-state index in [2.05, 4.69) is 113 Å². The minimum absolute atomic E-state index is 0. The Bertz CT molecular complexity index is 2250. The zero-order valence-electron chi connectivity index (χ0n) is 35.5. The van der Waals surface area contributed by atoms with E-state index in [1.54, 1.807) is 12.1 Å². The maximum absolute atomic E-state index is 14.5. The maximum Gasteiger partial charge on any atom is -1.00 e.